The number of nitrogens with zero attached hydrogens (tertiary/aromatic N) is 2. The van der Waals surface area contributed by atoms with Crippen LogP contribution < -0.4 is 15.0 Å². The maximum Gasteiger partial charge on any atom is 0.343 e. The second kappa shape index (κ2) is 6.23. The molecule has 2 heterocycles. The molecule has 7 heteroatoms. The van der Waals surface area contributed by atoms with E-state index in [2.05, 4.69) is 5.10 Å². The topological polar surface area (TPSA) is 79.7 Å². The predicted molar refractivity (Wildman–Crippen MR) is 88.8 cm³/mol. The molecule has 0 amide bonds. The van der Waals surface area contributed by atoms with E-state index in [-0.39, 0.29) is 18.1 Å². The Morgan fingerprint density at radius 2 is 2.00 bits per heavy atom. The molecular weight excluding hydrogens is 324 g/mol. The molecule has 1 aliphatic carbocycles. The Kier molecular flexibility index (Phi) is 3.91. The van der Waals surface area contributed by atoms with Gasteiger partial charge in [-0.1, -0.05) is 0 Å². The third kappa shape index (κ3) is 2.97. The van der Waals surface area contributed by atoms with E-state index in [9.17, 15) is 9.59 Å². The molecule has 1 aromatic heterocycles. The first-order valence-electron chi connectivity index (χ1n) is 8.39. The van der Waals surface area contributed by atoms with Crippen LogP contribution in [0.2, 0.25) is 0 Å². The largest absolute Gasteiger partial charge is 0.486 e. The molecule has 0 atom stereocenters. The van der Waals surface area contributed by atoms with Crippen molar-refractivity contribution in [1.82, 2.24) is 9.78 Å². The zero-order chi connectivity index (χ0) is 17.4. The van der Waals surface area contributed by atoms with Crippen molar-refractivity contribution >= 4 is 5.97 Å². The van der Waals surface area contributed by atoms with Crippen LogP contribution in [0.3, 0.4) is 0 Å². The van der Waals surface area contributed by atoms with Gasteiger partial charge in [-0.05, 0) is 38.0 Å². The summed E-state index contributed by atoms with van der Waals surface area (Å²) in [7, 11) is 0. The molecule has 1 aliphatic heterocycles. The molecule has 7 nitrogen and oxygen atoms in total. The molecule has 0 spiro atoms. The molecule has 2 aliphatic rings. The van der Waals surface area contributed by atoms with E-state index in [1.54, 1.807) is 31.2 Å². The molecule has 0 saturated heterocycles. The molecule has 1 aromatic carbocycles. The number of aromatic nitrogens is 2. The van der Waals surface area contributed by atoms with E-state index in [1.807, 2.05) is 0 Å². The lowest BCUT2D eigenvalue weighted by Gasteiger charge is -2.19. The Balaban J connectivity index is 1.83. The minimum Gasteiger partial charge on any atom is -0.486 e. The molecule has 4 rings (SSSR count). The second-order valence-electron chi connectivity index (χ2n) is 6.02. The van der Waals surface area contributed by atoms with Gasteiger partial charge in [-0.25, -0.2) is 4.79 Å². The van der Waals surface area contributed by atoms with Gasteiger partial charge < -0.3 is 14.2 Å². The Labute approximate surface area is 144 Å². The minimum absolute atomic E-state index is 0.00800. The lowest BCUT2D eigenvalue weighted by Crippen LogP contribution is -2.29. The number of hydrogen-bond acceptors (Lipinski definition) is 6. The number of ether oxygens (including phenoxy) is 3. The van der Waals surface area contributed by atoms with Crippen LogP contribution in [0, 0.1) is 0 Å². The first-order valence-corrected chi connectivity index (χ1v) is 8.39. The summed E-state index contributed by atoms with van der Waals surface area (Å²) in [5.41, 5.74) is 0.771. The highest BCUT2D eigenvalue weighted by Crippen LogP contribution is 2.39. The van der Waals surface area contributed by atoms with Crippen molar-refractivity contribution in [2.75, 3.05) is 19.8 Å². The first kappa shape index (κ1) is 15.7. The normalized spacial score (nSPS) is 15.7. The molecular formula is C18H18N2O5. The number of benzene rings is 1. The van der Waals surface area contributed by atoms with Crippen molar-refractivity contribution in [2.45, 2.75) is 25.7 Å². The molecule has 1 saturated carbocycles. The summed E-state index contributed by atoms with van der Waals surface area (Å²) >= 11 is 0. The zero-order valence-corrected chi connectivity index (χ0v) is 13.9. The zero-order valence-electron chi connectivity index (χ0n) is 13.9. The van der Waals surface area contributed by atoms with Gasteiger partial charge in [0.25, 0.3) is 5.56 Å². The SMILES string of the molecule is CCOC(=O)c1cc(C2CC2)nn(-c2ccc3c(c2)OCCO3)c1=O. The van der Waals surface area contributed by atoms with Crippen molar-refractivity contribution in [3.05, 3.63) is 45.9 Å². The van der Waals surface area contributed by atoms with Crippen LogP contribution in [0.5, 0.6) is 11.5 Å². The van der Waals surface area contributed by atoms with Crippen LogP contribution in [-0.2, 0) is 4.74 Å². The smallest absolute Gasteiger partial charge is 0.343 e. The van der Waals surface area contributed by atoms with Crippen LogP contribution in [-0.4, -0.2) is 35.6 Å². The Morgan fingerprint density at radius 1 is 1.24 bits per heavy atom. The quantitative estimate of drug-likeness (QED) is 0.791. The van der Waals surface area contributed by atoms with Crippen LogP contribution in [0.4, 0.5) is 0 Å². The third-order valence-electron chi connectivity index (χ3n) is 4.19. The van der Waals surface area contributed by atoms with E-state index in [0.29, 0.717) is 30.4 Å². The Bertz CT molecular complexity index is 886. The fraction of sp³-hybridized carbons (Fsp3) is 0.389. The maximum atomic E-state index is 12.8. The summed E-state index contributed by atoms with van der Waals surface area (Å²) in [4.78, 5) is 24.9. The molecule has 130 valence electrons. The average Bonchev–Trinajstić information content (AvgIpc) is 3.47. The van der Waals surface area contributed by atoms with Crippen LogP contribution in [0.25, 0.3) is 5.69 Å². The van der Waals surface area contributed by atoms with Gasteiger partial charge in [-0.3, -0.25) is 4.79 Å². The van der Waals surface area contributed by atoms with E-state index in [0.717, 1.165) is 18.5 Å². The summed E-state index contributed by atoms with van der Waals surface area (Å²) < 4.78 is 17.3. The molecule has 0 radical (unpaired) electrons. The fourth-order valence-electron chi connectivity index (χ4n) is 2.79. The van der Waals surface area contributed by atoms with Gasteiger partial charge in [0.2, 0.25) is 0 Å². The number of esters is 1. The van der Waals surface area contributed by atoms with Crippen molar-refractivity contribution in [3.8, 4) is 17.2 Å². The van der Waals surface area contributed by atoms with Crippen LogP contribution in [0.1, 0.15) is 41.7 Å². The molecule has 25 heavy (non-hydrogen) atoms. The number of carbonyl (C=O) groups is 1. The van der Waals surface area contributed by atoms with Gasteiger partial charge in [0.15, 0.2) is 11.5 Å². The van der Waals surface area contributed by atoms with Gasteiger partial charge in [-0.15, -0.1) is 0 Å². The molecule has 2 aromatic rings. The van der Waals surface area contributed by atoms with Crippen molar-refractivity contribution in [1.29, 1.82) is 0 Å². The van der Waals surface area contributed by atoms with E-state index in [1.165, 1.54) is 4.68 Å². The Morgan fingerprint density at radius 3 is 2.72 bits per heavy atom. The minimum atomic E-state index is -0.622. The molecule has 0 bridgehead atoms. The number of carbonyl (C=O) groups excluding carboxylic acids is 1. The van der Waals surface area contributed by atoms with E-state index >= 15 is 0 Å². The standard InChI is InChI=1S/C18H18N2O5/c1-2-23-18(22)13-10-14(11-3-4-11)19-20(17(13)21)12-5-6-15-16(9-12)25-8-7-24-15/h5-6,9-11H,2-4,7-8H2,1H3. The van der Waals surface area contributed by atoms with E-state index in [4.69, 9.17) is 14.2 Å². The monoisotopic (exact) mass is 342 g/mol. The third-order valence-corrected chi connectivity index (χ3v) is 4.19. The summed E-state index contributed by atoms with van der Waals surface area (Å²) in [6, 6.07) is 6.74. The first-order chi connectivity index (χ1) is 12.2. The highest BCUT2D eigenvalue weighted by molar-refractivity contribution is 5.89. The summed E-state index contributed by atoms with van der Waals surface area (Å²) in [5.74, 6) is 0.860. The van der Waals surface area contributed by atoms with Gasteiger partial charge >= 0.3 is 5.97 Å². The van der Waals surface area contributed by atoms with Crippen LogP contribution in [0.15, 0.2) is 29.1 Å². The highest BCUT2D eigenvalue weighted by atomic mass is 16.6. The maximum absolute atomic E-state index is 12.8. The molecule has 0 unspecified atom stereocenters. The Hall–Kier alpha value is -2.83. The summed E-state index contributed by atoms with van der Waals surface area (Å²) in [6.45, 7) is 2.87. The fourth-order valence-corrected chi connectivity index (χ4v) is 2.79. The van der Waals surface area contributed by atoms with Gasteiger partial charge in [0.05, 0.1) is 18.0 Å². The number of fused-ring (bicyclic) bond motifs is 1. The van der Waals surface area contributed by atoms with E-state index < -0.39 is 11.5 Å². The van der Waals surface area contributed by atoms with Gasteiger partial charge in [-0.2, -0.15) is 9.78 Å². The lowest BCUT2D eigenvalue weighted by atomic mass is 10.2. The summed E-state index contributed by atoms with van der Waals surface area (Å²) in [6.07, 6.45) is 2.02. The number of hydrogen-bond donors (Lipinski definition) is 0. The van der Waals surface area contributed by atoms with Gasteiger partial charge in [0.1, 0.15) is 18.8 Å². The molecule has 0 N–H and O–H groups in total. The van der Waals surface area contributed by atoms with Gasteiger partial charge in [0, 0.05) is 12.0 Å². The second-order valence-corrected chi connectivity index (χ2v) is 6.02. The van der Waals surface area contributed by atoms with Crippen molar-refractivity contribution in [3.63, 3.8) is 0 Å². The summed E-state index contributed by atoms with van der Waals surface area (Å²) in [5, 5.41) is 4.46. The number of rotatable bonds is 4. The van der Waals surface area contributed by atoms with Crippen LogP contribution >= 0.6 is 0 Å². The highest BCUT2D eigenvalue weighted by Gasteiger charge is 2.29. The van der Waals surface area contributed by atoms with Crippen molar-refractivity contribution < 1.29 is 19.0 Å². The molecule has 1 fully saturated rings. The van der Waals surface area contributed by atoms with Crippen molar-refractivity contribution in [2.24, 2.45) is 0 Å². The average molecular weight is 342 g/mol. The predicted octanol–water partition coefficient (Wildman–Crippen LogP) is 2.06. The lowest BCUT2D eigenvalue weighted by molar-refractivity contribution is 0.0523.